The summed E-state index contributed by atoms with van der Waals surface area (Å²) < 4.78 is 4.05. The molecule has 0 spiro atoms. The third-order valence-electron chi connectivity index (χ3n) is 6.31. The van der Waals surface area contributed by atoms with Gasteiger partial charge < -0.3 is 63.5 Å². The summed E-state index contributed by atoms with van der Waals surface area (Å²) in [6, 6.07) is 22.3. The molecule has 2 N–H and O–H groups in total. The number of aryl methyl sites for hydroxylation is 2. The van der Waals surface area contributed by atoms with Crippen LogP contribution in [-0.4, -0.2) is 30.9 Å². The van der Waals surface area contributed by atoms with Crippen molar-refractivity contribution in [3.63, 3.8) is 0 Å². The average Bonchev–Trinajstić information content (AvgIpc) is 2.89. The number of nitrogens with one attached hydrogen (secondary N) is 2. The molecule has 39 heavy (non-hydrogen) atoms. The molecule has 0 fully saturated rings. The van der Waals surface area contributed by atoms with Crippen molar-refractivity contribution < 1.29 is 66.7 Å². The van der Waals surface area contributed by atoms with Crippen molar-refractivity contribution in [2.24, 2.45) is 14.1 Å². The standard InChI is InChI=1S/C29H26N6O2.2HI/c1-33(2)26-14-16-35(4)27-13-11-21(18-22(26)27)31-29(37)24-9-5-8-23(32-24)28(36)30-20-10-12-25-19(17-20)7-6-15-34(25)3;;/h5-18H,1-4H3;2*1H. The Kier molecular flexibility index (Phi) is 9.78. The highest BCUT2D eigenvalue weighted by atomic mass is 127. The number of hydrogen-bond acceptors (Lipinski definition) is 4. The summed E-state index contributed by atoms with van der Waals surface area (Å²) in [7, 11) is 7.93. The number of rotatable bonds is 5. The van der Waals surface area contributed by atoms with E-state index in [4.69, 9.17) is 0 Å². The first kappa shape index (κ1) is 30.2. The van der Waals surface area contributed by atoms with Gasteiger partial charge in [-0.1, -0.05) is 6.07 Å². The predicted molar refractivity (Wildman–Crippen MR) is 145 cm³/mol. The quantitative estimate of drug-likeness (QED) is 0.156. The maximum Gasteiger partial charge on any atom is 0.274 e. The Hall–Kier alpha value is -3.39. The lowest BCUT2D eigenvalue weighted by molar-refractivity contribution is -0.645. The molecule has 0 aliphatic carbocycles. The van der Waals surface area contributed by atoms with Crippen molar-refractivity contribution in [1.29, 1.82) is 0 Å². The number of hydrogen-bond donors (Lipinski definition) is 2. The first-order valence-electron chi connectivity index (χ1n) is 11.9. The van der Waals surface area contributed by atoms with Gasteiger partial charge in [-0.3, -0.25) is 9.59 Å². The first-order chi connectivity index (χ1) is 17.8. The van der Waals surface area contributed by atoms with Crippen LogP contribution in [0.15, 0.2) is 85.2 Å². The summed E-state index contributed by atoms with van der Waals surface area (Å²) in [5.74, 6) is -0.776. The fraction of sp³-hybridized carbons (Fsp3) is 0.138. The lowest BCUT2D eigenvalue weighted by Crippen LogP contribution is -3.00. The van der Waals surface area contributed by atoms with Crippen LogP contribution in [0.1, 0.15) is 21.0 Å². The summed E-state index contributed by atoms with van der Waals surface area (Å²) in [6.45, 7) is 0. The Morgan fingerprint density at radius 3 is 1.95 bits per heavy atom. The van der Waals surface area contributed by atoms with E-state index in [1.807, 2.05) is 109 Å². The molecule has 2 aromatic carbocycles. The van der Waals surface area contributed by atoms with Crippen LogP contribution in [-0.2, 0) is 14.1 Å². The maximum absolute atomic E-state index is 13.0. The van der Waals surface area contributed by atoms with Gasteiger partial charge >= 0.3 is 0 Å². The normalized spacial score (nSPS) is 10.4. The first-order valence-corrected chi connectivity index (χ1v) is 11.9. The van der Waals surface area contributed by atoms with Crippen LogP contribution in [0.4, 0.5) is 17.1 Å². The number of aromatic nitrogens is 3. The molecule has 200 valence electrons. The Morgan fingerprint density at radius 1 is 0.718 bits per heavy atom. The lowest BCUT2D eigenvalue weighted by atomic mass is 10.1. The summed E-state index contributed by atoms with van der Waals surface area (Å²) in [4.78, 5) is 32.3. The smallest absolute Gasteiger partial charge is 0.274 e. The summed E-state index contributed by atoms with van der Waals surface area (Å²) in [5.41, 5.74) is 4.76. The minimum atomic E-state index is -0.390. The summed E-state index contributed by atoms with van der Waals surface area (Å²) in [5, 5.41) is 7.81. The number of anilines is 3. The molecule has 0 saturated heterocycles. The molecule has 10 heteroatoms. The molecule has 0 unspecified atom stereocenters. The number of pyridine rings is 3. The van der Waals surface area contributed by atoms with Gasteiger partial charge in [-0.05, 0) is 42.5 Å². The number of carbonyl (C=O) groups excluding carboxylic acids is 2. The molecular formula is C29H28I2N6O2. The lowest BCUT2D eigenvalue weighted by Gasteiger charge is -2.15. The molecule has 5 aromatic rings. The van der Waals surface area contributed by atoms with Crippen molar-refractivity contribution in [1.82, 2.24) is 4.98 Å². The van der Waals surface area contributed by atoms with Gasteiger partial charge in [0.25, 0.3) is 11.8 Å². The van der Waals surface area contributed by atoms with Crippen LogP contribution in [0.2, 0.25) is 0 Å². The third-order valence-corrected chi connectivity index (χ3v) is 6.31. The molecule has 8 nitrogen and oxygen atoms in total. The van der Waals surface area contributed by atoms with E-state index < -0.39 is 0 Å². The van der Waals surface area contributed by atoms with Crippen LogP contribution < -0.4 is 72.6 Å². The Balaban J connectivity index is 0.00000210. The van der Waals surface area contributed by atoms with E-state index in [0.29, 0.717) is 11.4 Å². The van der Waals surface area contributed by atoms with E-state index in [0.717, 1.165) is 27.5 Å². The van der Waals surface area contributed by atoms with Crippen molar-refractivity contribution >= 4 is 50.7 Å². The topological polar surface area (TPSA) is 82.1 Å². The van der Waals surface area contributed by atoms with Gasteiger partial charge in [-0.25, -0.2) is 14.1 Å². The minimum Gasteiger partial charge on any atom is -1.00 e. The Bertz CT molecular complexity index is 1690. The van der Waals surface area contributed by atoms with Crippen LogP contribution >= 0.6 is 0 Å². The Labute approximate surface area is 261 Å². The zero-order valence-corrected chi connectivity index (χ0v) is 26.3. The second-order valence-electron chi connectivity index (χ2n) is 9.15. The van der Waals surface area contributed by atoms with E-state index in [1.54, 1.807) is 18.2 Å². The maximum atomic E-state index is 13.0. The number of benzene rings is 2. The second-order valence-corrected chi connectivity index (χ2v) is 9.15. The van der Waals surface area contributed by atoms with Crippen LogP contribution in [0.5, 0.6) is 0 Å². The fourth-order valence-corrected chi connectivity index (χ4v) is 4.39. The van der Waals surface area contributed by atoms with Crippen molar-refractivity contribution in [3.8, 4) is 0 Å². The van der Waals surface area contributed by atoms with E-state index in [9.17, 15) is 9.59 Å². The fourth-order valence-electron chi connectivity index (χ4n) is 4.39. The monoisotopic (exact) mass is 746 g/mol. The molecule has 3 aromatic heterocycles. The van der Waals surface area contributed by atoms with Crippen molar-refractivity contribution in [2.75, 3.05) is 29.6 Å². The molecule has 5 rings (SSSR count). The Morgan fingerprint density at radius 2 is 1.31 bits per heavy atom. The zero-order chi connectivity index (χ0) is 26.1. The molecule has 0 aliphatic rings. The number of carbonyl (C=O) groups is 2. The van der Waals surface area contributed by atoms with Gasteiger partial charge in [-0.2, -0.15) is 0 Å². The van der Waals surface area contributed by atoms with E-state index in [-0.39, 0.29) is 71.2 Å². The van der Waals surface area contributed by atoms with Crippen LogP contribution in [0.25, 0.3) is 21.8 Å². The van der Waals surface area contributed by atoms with Crippen molar-refractivity contribution in [3.05, 3.63) is 96.6 Å². The number of nitrogens with zero attached hydrogens (tertiary/aromatic N) is 4. The summed E-state index contributed by atoms with van der Waals surface area (Å²) in [6.07, 6.45) is 3.98. The number of fused-ring (bicyclic) bond motifs is 2. The highest BCUT2D eigenvalue weighted by Gasteiger charge is 2.16. The third kappa shape index (κ3) is 6.44. The molecule has 0 saturated carbocycles. The van der Waals surface area contributed by atoms with Gasteiger partial charge in [0, 0.05) is 55.1 Å². The molecule has 0 bridgehead atoms. The highest BCUT2D eigenvalue weighted by molar-refractivity contribution is 6.07. The minimum absolute atomic E-state index is 0. The van der Waals surface area contributed by atoms with Gasteiger partial charge in [0.2, 0.25) is 11.0 Å². The second kappa shape index (κ2) is 12.6. The average molecular weight is 746 g/mol. The molecular weight excluding hydrogens is 718 g/mol. The van der Waals surface area contributed by atoms with Gasteiger partial charge in [0.05, 0.1) is 11.1 Å². The highest BCUT2D eigenvalue weighted by Crippen LogP contribution is 2.26. The zero-order valence-electron chi connectivity index (χ0n) is 21.9. The van der Waals surface area contributed by atoms with Gasteiger partial charge in [0.1, 0.15) is 25.5 Å². The number of amides is 2. The molecule has 3 heterocycles. The molecule has 2 amide bonds. The number of halogens is 2. The van der Waals surface area contributed by atoms with Crippen LogP contribution in [0, 0.1) is 0 Å². The van der Waals surface area contributed by atoms with E-state index >= 15 is 0 Å². The summed E-state index contributed by atoms with van der Waals surface area (Å²) >= 11 is 0. The molecule has 0 aliphatic heterocycles. The van der Waals surface area contributed by atoms with Gasteiger partial charge in [0.15, 0.2) is 12.4 Å². The predicted octanol–water partition coefficient (Wildman–Crippen LogP) is -2.38. The molecule has 0 atom stereocenters. The van der Waals surface area contributed by atoms with Crippen molar-refractivity contribution in [2.45, 2.75) is 0 Å². The SMILES string of the molecule is CN(C)c1cc[n+](C)c2ccc(NC(=O)c3cccc(C(=O)Nc4ccc5c(ccc[n+]5C)c4)n3)cc12.[I-].[I-]. The van der Waals surface area contributed by atoms with Gasteiger partial charge in [-0.15, -0.1) is 0 Å². The molecule has 0 radical (unpaired) electrons. The largest absolute Gasteiger partial charge is 1.00 e. The van der Waals surface area contributed by atoms with Crippen LogP contribution in [0.3, 0.4) is 0 Å². The van der Waals surface area contributed by atoms with E-state index in [2.05, 4.69) is 15.6 Å². The van der Waals surface area contributed by atoms with E-state index in [1.165, 1.54) is 0 Å².